The van der Waals surface area contributed by atoms with Gasteiger partial charge in [-0.3, -0.25) is 9.69 Å². The third kappa shape index (κ3) is 3.95. The van der Waals surface area contributed by atoms with Crippen LogP contribution in [0.2, 0.25) is 0 Å². The molecule has 2 fully saturated rings. The van der Waals surface area contributed by atoms with Gasteiger partial charge in [0.25, 0.3) is 0 Å². The van der Waals surface area contributed by atoms with Gasteiger partial charge >= 0.3 is 0 Å². The predicted octanol–water partition coefficient (Wildman–Crippen LogP) is 2.01. The van der Waals surface area contributed by atoms with Crippen molar-refractivity contribution in [3.63, 3.8) is 0 Å². The maximum Gasteiger partial charge on any atom is 0.237 e. The van der Waals surface area contributed by atoms with Gasteiger partial charge in [0.1, 0.15) is 0 Å². The lowest BCUT2D eigenvalue weighted by Gasteiger charge is -2.37. The summed E-state index contributed by atoms with van der Waals surface area (Å²) in [6, 6.07) is 0.845. The number of amides is 1. The fourth-order valence-electron chi connectivity index (χ4n) is 3.78. The number of hydrogen-bond donors (Lipinski definition) is 1. The molecule has 1 N–H and O–H groups in total. The van der Waals surface area contributed by atoms with Gasteiger partial charge in [0, 0.05) is 18.6 Å². The molecule has 0 bridgehead atoms. The third-order valence-corrected chi connectivity index (χ3v) is 4.87. The van der Waals surface area contributed by atoms with Crippen LogP contribution in [0.15, 0.2) is 0 Å². The molecule has 2 saturated heterocycles. The highest BCUT2D eigenvalue weighted by atomic mass is 16.3. The van der Waals surface area contributed by atoms with Crippen molar-refractivity contribution in [3.05, 3.63) is 0 Å². The van der Waals surface area contributed by atoms with Gasteiger partial charge in [0.15, 0.2) is 0 Å². The predicted molar refractivity (Wildman–Crippen MR) is 80.5 cm³/mol. The number of hydrogen-bond acceptors (Lipinski definition) is 3. The molecular formula is C16H30N2O2. The molecule has 0 aromatic rings. The number of aliphatic hydroxyl groups is 1. The van der Waals surface area contributed by atoms with Crippen LogP contribution in [0, 0.1) is 0 Å². The third-order valence-electron chi connectivity index (χ3n) is 4.87. The van der Waals surface area contributed by atoms with E-state index in [1.54, 1.807) is 0 Å². The van der Waals surface area contributed by atoms with Crippen LogP contribution in [-0.2, 0) is 4.79 Å². The topological polar surface area (TPSA) is 43.8 Å². The SMILES string of the molecule is CCC1CCCCN1C(=O)CN1CCCC1CC(C)O. The van der Waals surface area contributed by atoms with E-state index in [-0.39, 0.29) is 6.10 Å². The smallest absolute Gasteiger partial charge is 0.237 e. The molecule has 2 aliphatic rings. The number of piperidine rings is 1. The van der Waals surface area contributed by atoms with Crippen LogP contribution in [0.25, 0.3) is 0 Å². The van der Waals surface area contributed by atoms with Crippen LogP contribution in [0.5, 0.6) is 0 Å². The Bertz CT molecular complexity index is 320. The van der Waals surface area contributed by atoms with Crippen molar-refractivity contribution in [1.82, 2.24) is 9.80 Å². The van der Waals surface area contributed by atoms with E-state index >= 15 is 0 Å². The summed E-state index contributed by atoms with van der Waals surface area (Å²) in [5, 5.41) is 9.57. The van der Waals surface area contributed by atoms with Crippen molar-refractivity contribution >= 4 is 5.91 Å². The van der Waals surface area contributed by atoms with Crippen molar-refractivity contribution in [1.29, 1.82) is 0 Å². The molecule has 116 valence electrons. The summed E-state index contributed by atoms with van der Waals surface area (Å²) in [6.07, 6.45) is 7.45. The highest BCUT2D eigenvalue weighted by Gasteiger charge is 2.31. The zero-order valence-corrected chi connectivity index (χ0v) is 13.1. The van der Waals surface area contributed by atoms with Gasteiger partial charge in [-0.25, -0.2) is 0 Å². The molecule has 0 saturated carbocycles. The summed E-state index contributed by atoms with van der Waals surface area (Å²) < 4.78 is 0. The van der Waals surface area contributed by atoms with E-state index in [0.29, 0.717) is 24.5 Å². The number of aliphatic hydroxyl groups excluding tert-OH is 1. The fraction of sp³-hybridized carbons (Fsp3) is 0.938. The molecule has 0 aliphatic carbocycles. The number of nitrogens with zero attached hydrogens (tertiary/aromatic N) is 2. The van der Waals surface area contributed by atoms with Crippen molar-refractivity contribution in [2.75, 3.05) is 19.6 Å². The molecular weight excluding hydrogens is 252 g/mol. The maximum atomic E-state index is 12.6. The average molecular weight is 282 g/mol. The van der Waals surface area contributed by atoms with Gasteiger partial charge in [-0.05, 0) is 58.4 Å². The maximum absolute atomic E-state index is 12.6. The fourth-order valence-corrected chi connectivity index (χ4v) is 3.78. The lowest BCUT2D eigenvalue weighted by atomic mass is 10.00. The van der Waals surface area contributed by atoms with Crippen molar-refractivity contribution in [3.8, 4) is 0 Å². The summed E-state index contributed by atoms with van der Waals surface area (Å²) in [4.78, 5) is 17.0. The first kappa shape index (κ1) is 15.8. The number of carbonyl (C=O) groups excluding carboxylic acids is 1. The lowest BCUT2D eigenvalue weighted by Crippen LogP contribution is -2.48. The monoisotopic (exact) mass is 282 g/mol. The summed E-state index contributed by atoms with van der Waals surface area (Å²) in [5.74, 6) is 0.300. The molecule has 0 aromatic carbocycles. The van der Waals surface area contributed by atoms with Crippen LogP contribution in [0.1, 0.15) is 58.8 Å². The molecule has 0 aromatic heterocycles. The van der Waals surface area contributed by atoms with Gasteiger partial charge in [-0.1, -0.05) is 6.92 Å². The Balaban J connectivity index is 1.89. The van der Waals surface area contributed by atoms with Gasteiger partial charge in [-0.15, -0.1) is 0 Å². The van der Waals surface area contributed by atoms with Crippen molar-refractivity contribution in [2.45, 2.75) is 77.0 Å². The van der Waals surface area contributed by atoms with Crippen molar-refractivity contribution in [2.24, 2.45) is 0 Å². The number of rotatable bonds is 5. The molecule has 0 spiro atoms. The lowest BCUT2D eigenvalue weighted by molar-refractivity contribution is -0.136. The highest BCUT2D eigenvalue weighted by molar-refractivity contribution is 5.78. The van der Waals surface area contributed by atoms with Gasteiger partial charge in [0.05, 0.1) is 12.6 Å². The second-order valence-electron chi connectivity index (χ2n) is 6.50. The summed E-state index contributed by atoms with van der Waals surface area (Å²) in [7, 11) is 0. The van der Waals surface area contributed by atoms with Crippen LogP contribution < -0.4 is 0 Å². The van der Waals surface area contributed by atoms with Crippen molar-refractivity contribution < 1.29 is 9.90 Å². The Morgan fingerprint density at radius 2 is 1.95 bits per heavy atom. The molecule has 4 heteroatoms. The minimum absolute atomic E-state index is 0.269. The Kier molecular flexibility index (Phi) is 5.85. The van der Waals surface area contributed by atoms with Crippen LogP contribution >= 0.6 is 0 Å². The van der Waals surface area contributed by atoms with E-state index in [9.17, 15) is 9.90 Å². The highest BCUT2D eigenvalue weighted by Crippen LogP contribution is 2.23. The van der Waals surface area contributed by atoms with Crippen LogP contribution in [0.3, 0.4) is 0 Å². The van der Waals surface area contributed by atoms with Gasteiger partial charge in [0.2, 0.25) is 5.91 Å². The van der Waals surface area contributed by atoms with Crippen LogP contribution in [0.4, 0.5) is 0 Å². The first-order chi connectivity index (χ1) is 9.61. The largest absolute Gasteiger partial charge is 0.393 e. The zero-order valence-electron chi connectivity index (χ0n) is 13.1. The van der Waals surface area contributed by atoms with Gasteiger partial charge < -0.3 is 10.0 Å². The normalized spacial score (nSPS) is 29.6. The minimum Gasteiger partial charge on any atom is -0.393 e. The number of carbonyl (C=O) groups is 1. The molecule has 1 amide bonds. The molecule has 3 unspecified atom stereocenters. The minimum atomic E-state index is -0.269. The molecule has 4 nitrogen and oxygen atoms in total. The molecule has 20 heavy (non-hydrogen) atoms. The van der Waals surface area contributed by atoms with E-state index in [4.69, 9.17) is 0 Å². The van der Waals surface area contributed by atoms with Gasteiger partial charge in [-0.2, -0.15) is 0 Å². The first-order valence-corrected chi connectivity index (χ1v) is 8.33. The Hall–Kier alpha value is -0.610. The summed E-state index contributed by atoms with van der Waals surface area (Å²) in [5.41, 5.74) is 0. The quantitative estimate of drug-likeness (QED) is 0.839. The second kappa shape index (κ2) is 7.41. The Labute approximate surface area is 123 Å². The Morgan fingerprint density at radius 1 is 1.20 bits per heavy atom. The zero-order chi connectivity index (χ0) is 14.5. The molecule has 2 rings (SSSR count). The summed E-state index contributed by atoms with van der Waals surface area (Å²) in [6.45, 7) is 6.52. The second-order valence-corrected chi connectivity index (χ2v) is 6.50. The summed E-state index contributed by atoms with van der Waals surface area (Å²) >= 11 is 0. The number of likely N-dealkylation sites (tertiary alicyclic amines) is 2. The average Bonchev–Trinajstić information content (AvgIpc) is 2.85. The molecule has 3 atom stereocenters. The molecule has 0 radical (unpaired) electrons. The standard InChI is InChI=1S/C16H30N2O2/c1-3-14-7-4-5-10-18(14)16(20)12-17-9-6-8-15(17)11-13(2)19/h13-15,19H,3-12H2,1-2H3. The van der Waals surface area contributed by atoms with E-state index in [1.807, 2.05) is 6.92 Å². The van der Waals surface area contributed by atoms with E-state index in [2.05, 4.69) is 16.7 Å². The first-order valence-electron chi connectivity index (χ1n) is 8.33. The van der Waals surface area contributed by atoms with E-state index in [1.165, 1.54) is 12.8 Å². The van der Waals surface area contributed by atoms with Crippen LogP contribution in [-0.4, -0.2) is 58.6 Å². The Morgan fingerprint density at radius 3 is 2.65 bits per heavy atom. The van der Waals surface area contributed by atoms with E-state index < -0.39 is 0 Å². The molecule has 2 heterocycles. The van der Waals surface area contributed by atoms with E-state index in [0.717, 1.165) is 45.2 Å². The molecule has 2 aliphatic heterocycles.